The van der Waals surface area contributed by atoms with E-state index in [9.17, 15) is 4.79 Å². The summed E-state index contributed by atoms with van der Waals surface area (Å²) >= 11 is 0. The van der Waals surface area contributed by atoms with Crippen molar-refractivity contribution in [2.45, 2.75) is 19.8 Å². The highest BCUT2D eigenvalue weighted by Gasteiger charge is 2.09. The van der Waals surface area contributed by atoms with Gasteiger partial charge in [0.05, 0.1) is 6.20 Å². The predicted octanol–water partition coefficient (Wildman–Crippen LogP) is 0.522. The lowest BCUT2D eigenvalue weighted by atomic mass is 10.3. The highest BCUT2D eigenvalue weighted by molar-refractivity contribution is 5.97. The normalized spacial score (nSPS) is 9.92. The third-order valence-electron chi connectivity index (χ3n) is 1.73. The molecule has 0 aliphatic rings. The molecule has 0 aromatic carbocycles. The van der Waals surface area contributed by atoms with E-state index in [2.05, 4.69) is 22.4 Å². The first-order valence-electron chi connectivity index (χ1n) is 4.32. The Hall–Kier alpha value is -1.52. The van der Waals surface area contributed by atoms with Crippen LogP contribution in [0.1, 0.15) is 30.1 Å². The Bertz CT molecular complexity index is 281. The van der Waals surface area contributed by atoms with Gasteiger partial charge in [-0.1, -0.05) is 13.3 Å². The molecule has 0 fully saturated rings. The van der Waals surface area contributed by atoms with Gasteiger partial charge >= 0.3 is 0 Å². The second-order valence-corrected chi connectivity index (χ2v) is 2.81. The maximum Gasteiger partial charge on any atom is 0.256 e. The van der Waals surface area contributed by atoms with Crippen LogP contribution in [-0.4, -0.2) is 22.6 Å². The van der Waals surface area contributed by atoms with Gasteiger partial charge in [-0.05, 0) is 6.42 Å². The molecule has 1 aromatic heterocycles. The lowest BCUT2D eigenvalue weighted by molar-refractivity contribution is 0.0954. The Labute approximate surface area is 76.7 Å². The average molecular weight is 182 g/mol. The molecule has 0 aliphatic heterocycles. The van der Waals surface area contributed by atoms with Crippen LogP contribution in [0.3, 0.4) is 0 Å². The zero-order valence-electron chi connectivity index (χ0n) is 7.63. The van der Waals surface area contributed by atoms with Gasteiger partial charge in [-0.25, -0.2) is 0 Å². The van der Waals surface area contributed by atoms with E-state index >= 15 is 0 Å². The highest BCUT2D eigenvalue weighted by Crippen LogP contribution is 2.04. The number of hydrogen-bond acceptors (Lipinski definition) is 3. The minimum absolute atomic E-state index is 0.167. The van der Waals surface area contributed by atoms with Crippen LogP contribution in [0.25, 0.3) is 0 Å². The summed E-state index contributed by atoms with van der Waals surface area (Å²) in [6.07, 6.45) is 3.46. The van der Waals surface area contributed by atoms with Crippen molar-refractivity contribution in [1.29, 1.82) is 0 Å². The zero-order chi connectivity index (χ0) is 9.68. The van der Waals surface area contributed by atoms with Crippen molar-refractivity contribution in [1.82, 2.24) is 15.5 Å². The number of hydrogen-bond donors (Lipinski definition) is 3. The molecule has 0 saturated heterocycles. The van der Waals surface area contributed by atoms with Crippen LogP contribution >= 0.6 is 0 Å². The van der Waals surface area contributed by atoms with Crippen molar-refractivity contribution in [3.05, 3.63) is 11.8 Å². The molecule has 0 aliphatic carbocycles. The largest absolute Gasteiger partial charge is 0.383 e. The molecule has 1 rings (SSSR count). The lowest BCUT2D eigenvalue weighted by Crippen LogP contribution is -2.24. The second kappa shape index (κ2) is 4.49. The number of nitrogens with zero attached hydrogens (tertiary/aromatic N) is 1. The van der Waals surface area contributed by atoms with E-state index in [1.54, 1.807) is 0 Å². The van der Waals surface area contributed by atoms with E-state index in [1.165, 1.54) is 6.20 Å². The average Bonchev–Trinajstić information content (AvgIpc) is 2.52. The van der Waals surface area contributed by atoms with Crippen LogP contribution in [0.4, 0.5) is 5.82 Å². The molecule has 0 spiro atoms. The molecular formula is C8H14N4O. The second-order valence-electron chi connectivity index (χ2n) is 2.81. The number of nitrogens with one attached hydrogen (secondary N) is 2. The van der Waals surface area contributed by atoms with Crippen molar-refractivity contribution in [2.24, 2.45) is 0 Å². The molecule has 0 bridgehead atoms. The van der Waals surface area contributed by atoms with Crippen LogP contribution in [0.15, 0.2) is 6.20 Å². The van der Waals surface area contributed by atoms with Crippen LogP contribution < -0.4 is 11.1 Å². The summed E-state index contributed by atoms with van der Waals surface area (Å²) in [4.78, 5) is 11.4. The number of amides is 1. The number of anilines is 1. The highest BCUT2D eigenvalue weighted by atomic mass is 16.1. The third-order valence-corrected chi connectivity index (χ3v) is 1.73. The van der Waals surface area contributed by atoms with Crippen LogP contribution in [-0.2, 0) is 0 Å². The first kappa shape index (κ1) is 9.57. The van der Waals surface area contributed by atoms with Gasteiger partial charge in [0.2, 0.25) is 0 Å². The molecule has 72 valence electrons. The Morgan fingerprint density at radius 1 is 1.77 bits per heavy atom. The Morgan fingerprint density at radius 3 is 3.08 bits per heavy atom. The zero-order valence-corrected chi connectivity index (χ0v) is 7.63. The summed E-state index contributed by atoms with van der Waals surface area (Å²) in [6, 6.07) is 0. The first-order valence-corrected chi connectivity index (χ1v) is 4.32. The van der Waals surface area contributed by atoms with Gasteiger partial charge in [0, 0.05) is 6.54 Å². The van der Waals surface area contributed by atoms with E-state index in [-0.39, 0.29) is 5.91 Å². The summed E-state index contributed by atoms with van der Waals surface area (Å²) in [7, 11) is 0. The summed E-state index contributed by atoms with van der Waals surface area (Å²) in [6.45, 7) is 2.75. The van der Waals surface area contributed by atoms with E-state index in [1.807, 2.05) is 0 Å². The number of rotatable bonds is 4. The molecule has 0 atom stereocenters. The molecule has 1 amide bonds. The van der Waals surface area contributed by atoms with Gasteiger partial charge in [-0.2, -0.15) is 5.10 Å². The Morgan fingerprint density at radius 2 is 2.54 bits per heavy atom. The Kier molecular flexibility index (Phi) is 3.31. The molecule has 1 heterocycles. The minimum atomic E-state index is -0.167. The van der Waals surface area contributed by atoms with Gasteiger partial charge in [-0.3, -0.25) is 9.89 Å². The minimum Gasteiger partial charge on any atom is -0.383 e. The standard InChI is InChI=1S/C8H14N4O/c1-2-3-4-10-8(13)6-5-11-12-7(6)9/h5H,2-4H2,1H3,(H,10,13)(H3,9,11,12). The maximum atomic E-state index is 11.4. The molecule has 0 unspecified atom stereocenters. The van der Waals surface area contributed by atoms with Crippen molar-refractivity contribution >= 4 is 11.7 Å². The van der Waals surface area contributed by atoms with Crippen molar-refractivity contribution < 1.29 is 4.79 Å². The van der Waals surface area contributed by atoms with Crippen LogP contribution in [0.5, 0.6) is 0 Å². The topological polar surface area (TPSA) is 83.8 Å². The SMILES string of the molecule is CCCCNC(=O)c1cn[nH]c1N. The fourth-order valence-corrected chi connectivity index (χ4v) is 0.951. The van der Waals surface area contributed by atoms with Gasteiger partial charge in [0.1, 0.15) is 11.4 Å². The fourth-order valence-electron chi connectivity index (χ4n) is 0.951. The summed E-state index contributed by atoms with van der Waals surface area (Å²) in [5.74, 6) is 0.147. The van der Waals surface area contributed by atoms with Crippen LogP contribution in [0, 0.1) is 0 Å². The quantitative estimate of drug-likeness (QED) is 0.593. The number of aromatic amines is 1. The van der Waals surface area contributed by atoms with Crippen molar-refractivity contribution in [3.63, 3.8) is 0 Å². The summed E-state index contributed by atoms with van der Waals surface area (Å²) < 4.78 is 0. The van der Waals surface area contributed by atoms with Gasteiger partial charge < -0.3 is 11.1 Å². The van der Waals surface area contributed by atoms with E-state index in [4.69, 9.17) is 5.73 Å². The van der Waals surface area contributed by atoms with Crippen molar-refractivity contribution in [3.8, 4) is 0 Å². The fraction of sp³-hybridized carbons (Fsp3) is 0.500. The number of H-pyrrole nitrogens is 1. The number of aromatic nitrogens is 2. The predicted molar refractivity (Wildman–Crippen MR) is 50.2 cm³/mol. The van der Waals surface area contributed by atoms with E-state index in [0.29, 0.717) is 17.9 Å². The molecule has 13 heavy (non-hydrogen) atoms. The smallest absolute Gasteiger partial charge is 0.256 e. The number of unbranched alkanes of at least 4 members (excludes halogenated alkanes) is 1. The van der Waals surface area contributed by atoms with Crippen molar-refractivity contribution in [2.75, 3.05) is 12.3 Å². The third kappa shape index (κ3) is 2.47. The van der Waals surface area contributed by atoms with E-state index < -0.39 is 0 Å². The molecule has 1 aromatic rings. The summed E-state index contributed by atoms with van der Waals surface area (Å²) in [5, 5.41) is 8.91. The van der Waals surface area contributed by atoms with E-state index in [0.717, 1.165) is 12.8 Å². The van der Waals surface area contributed by atoms with Gasteiger partial charge in [0.25, 0.3) is 5.91 Å². The van der Waals surface area contributed by atoms with Gasteiger partial charge in [-0.15, -0.1) is 0 Å². The first-order chi connectivity index (χ1) is 6.25. The molecule has 5 nitrogen and oxygen atoms in total. The molecule has 4 N–H and O–H groups in total. The molecule has 0 radical (unpaired) electrons. The number of nitrogens with two attached hydrogens (primary N) is 1. The maximum absolute atomic E-state index is 11.4. The molecule has 5 heteroatoms. The Balaban J connectivity index is 2.45. The molecular weight excluding hydrogens is 168 g/mol. The number of carbonyl (C=O) groups is 1. The van der Waals surface area contributed by atoms with Gasteiger partial charge in [0.15, 0.2) is 0 Å². The summed E-state index contributed by atoms with van der Waals surface area (Å²) in [5.41, 5.74) is 5.88. The number of nitrogen functional groups attached to an aromatic ring is 1. The van der Waals surface area contributed by atoms with Crippen LogP contribution in [0.2, 0.25) is 0 Å². The number of carbonyl (C=O) groups excluding carboxylic acids is 1. The lowest BCUT2D eigenvalue weighted by Gasteiger charge is -2.01. The monoisotopic (exact) mass is 182 g/mol. The molecule has 0 saturated carbocycles.